The number of hydrogen-bond donors (Lipinski definition) is 1. The largest absolute Gasteiger partial charge is 0.372 e. The second-order valence-electron chi connectivity index (χ2n) is 4.80. The highest BCUT2D eigenvalue weighted by molar-refractivity contribution is 6.31. The van der Waals surface area contributed by atoms with Crippen molar-refractivity contribution in [3.8, 4) is 0 Å². The summed E-state index contributed by atoms with van der Waals surface area (Å²) in [6.07, 6.45) is 2.44. The van der Waals surface area contributed by atoms with Crippen molar-refractivity contribution < 1.29 is 4.74 Å². The summed E-state index contributed by atoms with van der Waals surface area (Å²) in [4.78, 5) is 0. The Bertz CT molecular complexity index is 343. The van der Waals surface area contributed by atoms with Gasteiger partial charge in [0, 0.05) is 17.1 Å². The predicted molar refractivity (Wildman–Crippen MR) is 78.1 cm³/mol. The Hall–Kier alpha value is -0.570. The van der Waals surface area contributed by atoms with Crippen LogP contribution in [0.4, 0.5) is 0 Å². The van der Waals surface area contributed by atoms with Crippen LogP contribution < -0.4 is 5.32 Å². The molecule has 1 rings (SSSR count). The Morgan fingerprint density at radius 2 is 2.06 bits per heavy atom. The smallest absolute Gasteiger partial charge is 0.0963 e. The number of rotatable bonds is 8. The van der Waals surface area contributed by atoms with Crippen LogP contribution in [0.1, 0.15) is 38.4 Å². The summed E-state index contributed by atoms with van der Waals surface area (Å²) in [5, 5.41) is 3.94. The van der Waals surface area contributed by atoms with Crippen molar-refractivity contribution in [3.63, 3.8) is 0 Å². The Balaban J connectivity index is 2.62. The van der Waals surface area contributed by atoms with Crippen LogP contribution in [0.5, 0.6) is 0 Å². The Kier molecular flexibility index (Phi) is 7.33. The second kappa shape index (κ2) is 8.52. The van der Waals surface area contributed by atoms with Gasteiger partial charge in [0.05, 0.1) is 12.7 Å². The zero-order valence-electron chi connectivity index (χ0n) is 11.6. The Morgan fingerprint density at radius 3 is 2.67 bits per heavy atom. The van der Waals surface area contributed by atoms with Gasteiger partial charge in [-0.25, -0.2) is 0 Å². The third-order valence-corrected chi connectivity index (χ3v) is 3.35. The monoisotopic (exact) mass is 269 g/mol. The summed E-state index contributed by atoms with van der Waals surface area (Å²) in [6, 6.07) is 7.90. The zero-order valence-corrected chi connectivity index (χ0v) is 12.3. The molecule has 2 atom stereocenters. The number of benzene rings is 1. The Labute approximate surface area is 116 Å². The van der Waals surface area contributed by atoms with Crippen molar-refractivity contribution in [2.75, 3.05) is 20.2 Å². The van der Waals surface area contributed by atoms with Crippen LogP contribution >= 0.6 is 11.6 Å². The van der Waals surface area contributed by atoms with E-state index in [2.05, 4.69) is 19.2 Å². The lowest BCUT2D eigenvalue weighted by Gasteiger charge is -2.21. The van der Waals surface area contributed by atoms with E-state index in [4.69, 9.17) is 16.3 Å². The van der Waals surface area contributed by atoms with E-state index in [-0.39, 0.29) is 6.10 Å². The molecule has 0 spiro atoms. The lowest BCUT2D eigenvalue weighted by molar-refractivity contribution is 0.0311. The molecule has 0 saturated heterocycles. The van der Waals surface area contributed by atoms with Gasteiger partial charge >= 0.3 is 0 Å². The van der Waals surface area contributed by atoms with Gasteiger partial charge in [-0.2, -0.15) is 0 Å². The van der Waals surface area contributed by atoms with Crippen LogP contribution in [0.2, 0.25) is 5.02 Å². The third kappa shape index (κ3) is 4.97. The minimum absolute atomic E-state index is 0.0306. The molecule has 0 aliphatic heterocycles. The average molecular weight is 270 g/mol. The minimum Gasteiger partial charge on any atom is -0.372 e. The van der Waals surface area contributed by atoms with Crippen LogP contribution in [0.15, 0.2) is 24.3 Å². The van der Waals surface area contributed by atoms with E-state index < -0.39 is 0 Å². The van der Waals surface area contributed by atoms with E-state index in [0.29, 0.717) is 5.92 Å². The minimum atomic E-state index is 0.0306. The molecule has 0 aliphatic carbocycles. The topological polar surface area (TPSA) is 21.3 Å². The van der Waals surface area contributed by atoms with Crippen LogP contribution in [0, 0.1) is 5.92 Å². The molecule has 1 aromatic rings. The molecular formula is C15H24ClNO. The molecule has 18 heavy (non-hydrogen) atoms. The predicted octanol–water partition coefficient (Wildman–Crippen LogP) is 4.05. The molecule has 0 saturated carbocycles. The maximum absolute atomic E-state index is 6.22. The first-order chi connectivity index (χ1) is 8.69. The van der Waals surface area contributed by atoms with Gasteiger partial charge in [0.15, 0.2) is 0 Å². The molecular weight excluding hydrogens is 246 g/mol. The van der Waals surface area contributed by atoms with Crippen molar-refractivity contribution in [2.24, 2.45) is 5.92 Å². The van der Waals surface area contributed by atoms with Gasteiger partial charge in [-0.05, 0) is 25.5 Å². The molecule has 2 nitrogen and oxygen atoms in total. The molecule has 1 aromatic carbocycles. The number of nitrogens with one attached hydrogen (secondary N) is 1. The quantitative estimate of drug-likeness (QED) is 0.769. The van der Waals surface area contributed by atoms with Crippen LogP contribution in [-0.2, 0) is 4.74 Å². The van der Waals surface area contributed by atoms with Gasteiger partial charge < -0.3 is 10.1 Å². The maximum atomic E-state index is 6.22. The highest BCUT2D eigenvalue weighted by atomic mass is 35.5. The third-order valence-electron chi connectivity index (χ3n) is 3.01. The normalized spacial score (nSPS) is 14.4. The summed E-state index contributed by atoms with van der Waals surface area (Å²) in [7, 11) is 1.93. The first-order valence-corrected chi connectivity index (χ1v) is 7.07. The van der Waals surface area contributed by atoms with Crippen molar-refractivity contribution in [1.29, 1.82) is 0 Å². The fourth-order valence-corrected chi connectivity index (χ4v) is 2.29. The SMILES string of the molecule is CCCC(C)COC(CNC)c1ccccc1Cl. The van der Waals surface area contributed by atoms with Crippen LogP contribution in [0.25, 0.3) is 0 Å². The first-order valence-electron chi connectivity index (χ1n) is 6.69. The molecule has 3 heteroatoms. The van der Waals surface area contributed by atoms with Crippen molar-refractivity contribution in [3.05, 3.63) is 34.9 Å². The summed E-state index contributed by atoms with van der Waals surface area (Å²) in [5.41, 5.74) is 1.07. The number of halogens is 1. The lowest BCUT2D eigenvalue weighted by Crippen LogP contribution is -2.22. The van der Waals surface area contributed by atoms with E-state index in [9.17, 15) is 0 Å². The second-order valence-corrected chi connectivity index (χ2v) is 5.20. The van der Waals surface area contributed by atoms with E-state index in [1.807, 2.05) is 31.3 Å². The number of hydrogen-bond acceptors (Lipinski definition) is 2. The van der Waals surface area contributed by atoms with Gasteiger partial charge in [-0.3, -0.25) is 0 Å². The summed E-state index contributed by atoms with van der Waals surface area (Å²) in [6.45, 7) is 6.00. The summed E-state index contributed by atoms with van der Waals surface area (Å²) in [5.74, 6) is 0.594. The van der Waals surface area contributed by atoms with Gasteiger partial charge in [0.1, 0.15) is 0 Å². The number of likely N-dealkylation sites (N-methyl/N-ethyl adjacent to an activating group) is 1. The van der Waals surface area contributed by atoms with E-state index in [1.54, 1.807) is 0 Å². The lowest BCUT2D eigenvalue weighted by atomic mass is 10.1. The van der Waals surface area contributed by atoms with Crippen molar-refractivity contribution in [2.45, 2.75) is 32.8 Å². The fourth-order valence-electron chi connectivity index (χ4n) is 2.04. The molecule has 0 amide bonds. The van der Waals surface area contributed by atoms with Gasteiger partial charge in [-0.15, -0.1) is 0 Å². The number of ether oxygens (including phenoxy) is 1. The highest BCUT2D eigenvalue weighted by Crippen LogP contribution is 2.25. The molecule has 102 valence electrons. The van der Waals surface area contributed by atoms with Crippen molar-refractivity contribution in [1.82, 2.24) is 5.32 Å². The molecule has 0 aromatic heterocycles. The molecule has 0 fully saturated rings. The van der Waals surface area contributed by atoms with E-state index >= 15 is 0 Å². The molecule has 0 bridgehead atoms. The Morgan fingerprint density at radius 1 is 1.33 bits per heavy atom. The maximum Gasteiger partial charge on any atom is 0.0963 e. The molecule has 0 aliphatic rings. The molecule has 0 radical (unpaired) electrons. The standard InChI is InChI=1S/C15H24ClNO/c1-4-7-12(2)11-18-15(10-17-3)13-8-5-6-9-14(13)16/h5-6,8-9,12,15,17H,4,7,10-11H2,1-3H3. The zero-order chi connectivity index (χ0) is 13.4. The fraction of sp³-hybridized carbons (Fsp3) is 0.600. The van der Waals surface area contributed by atoms with E-state index in [1.165, 1.54) is 12.8 Å². The van der Waals surface area contributed by atoms with Gasteiger partial charge in [0.25, 0.3) is 0 Å². The molecule has 0 heterocycles. The molecule has 2 unspecified atom stereocenters. The van der Waals surface area contributed by atoms with Crippen molar-refractivity contribution >= 4 is 11.6 Å². The van der Waals surface area contributed by atoms with Crippen LogP contribution in [-0.4, -0.2) is 20.2 Å². The summed E-state index contributed by atoms with van der Waals surface area (Å²) < 4.78 is 6.02. The average Bonchev–Trinajstić information content (AvgIpc) is 2.36. The molecule has 1 N–H and O–H groups in total. The van der Waals surface area contributed by atoms with Crippen LogP contribution in [0.3, 0.4) is 0 Å². The summed E-state index contributed by atoms with van der Waals surface area (Å²) >= 11 is 6.22. The van der Waals surface area contributed by atoms with Gasteiger partial charge in [-0.1, -0.05) is 50.1 Å². The highest BCUT2D eigenvalue weighted by Gasteiger charge is 2.15. The van der Waals surface area contributed by atoms with Gasteiger partial charge in [0.2, 0.25) is 0 Å². The van der Waals surface area contributed by atoms with E-state index in [0.717, 1.165) is 23.7 Å². The first kappa shape index (κ1) is 15.5.